The smallest absolute Gasteiger partial charge is 0.253 e. The van der Waals surface area contributed by atoms with Crippen LogP contribution in [0.3, 0.4) is 0 Å². The molecule has 1 unspecified atom stereocenters. The van der Waals surface area contributed by atoms with Crippen molar-refractivity contribution in [1.82, 2.24) is 0 Å². The molecule has 0 aromatic carbocycles. The van der Waals surface area contributed by atoms with Crippen LogP contribution >= 0.6 is 46.4 Å². The molecule has 0 saturated heterocycles. The van der Waals surface area contributed by atoms with Crippen LogP contribution < -0.4 is 0 Å². The Morgan fingerprint density at radius 2 is 1.69 bits per heavy atom. The lowest BCUT2D eigenvalue weighted by atomic mass is 10.2. The summed E-state index contributed by atoms with van der Waals surface area (Å²) in [6.45, 7) is -0.197. The van der Waals surface area contributed by atoms with Gasteiger partial charge in [0.2, 0.25) is 10.8 Å². The highest BCUT2D eigenvalue weighted by atomic mass is 35.6. The Balaban J connectivity index is 4.67. The van der Waals surface area contributed by atoms with Crippen LogP contribution in [0.5, 0.6) is 0 Å². The molecule has 0 aliphatic rings. The third kappa shape index (κ3) is 3.78. The monoisotopic (exact) mass is 268 g/mol. The summed E-state index contributed by atoms with van der Waals surface area (Å²) < 4.78 is 7.25. The van der Waals surface area contributed by atoms with Crippen molar-refractivity contribution < 1.29 is 14.3 Å². The summed E-state index contributed by atoms with van der Waals surface area (Å²) in [5.41, 5.74) is 0. The maximum Gasteiger partial charge on any atom is 0.253 e. The number of ketones is 1. The predicted molar refractivity (Wildman–Crippen MR) is 52.8 cm³/mol. The van der Waals surface area contributed by atoms with E-state index in [0.29, 0.717) is 0 Å². The van der Waals surface area contributed by atoms with Crippen LogP contribution in [0.15, 0.2) is 0 Å². The van der Waals surface area contributed by atoms with Crippen LogP contribution in [0.2, 0.25) is 0 Å². The van der Waals surface area contributed by atoms with Crippen LogP contribution in [-0.4, -0.2) is 35.5 Å². The second-order valence-corrected chi connectivity index (χ2v) is 5.08. The van der Waals surface area contributed by atoms with E-state index in [2.05, 4.69) is 4.74 Å². The lowest BCUT2D eigenvalue weighted by Crippen LogP contribution is -2.45. The van der Waals surface area contributed by atoms with E-state index in [1.54, 1.807) is 0 Å². The minimum absolute atomic E-state index is 0.197. The fourth-order valence-corrected chi connectivity index (χ4v) is 1.47. The molecule has 0 bridgehead atoms. The number of alkyl halides is 4. The van der Waals surface area contributed by atoms with Crippen molar-refractivity contribution in [3.05, 3.63) is 0 Å². The molecular formula is C6H8Cl4O3. The van der Waals surface area contributed by atoms with Crippen LogP contribution in [0.4, 0.5) is 0 Å². The molecule has 3 nitrogen and oxygen atoms in total. The quantitative estimate of drug-likeness (QED) is 0.734. The molecule has 0 radical (unpaired) electrons. The number of hydrogen-bond acceptors (Lipinski definition) is 3. The van der Waals surface area contributed by atoms with Gasteiger partial charge in [0.1, 0.15) is 0 Å². The molecule has 0 fully saturated rings. The lowest BCUT2D eigenvalue weighted by molar-refractivity contribution is -0.135. The minimum atomic E-state index is -2.11. The Morgan fingerprint density at radius 1 is 1.23 bits per heavy atom. The summed E-state index contributed by atoms with van der Waals surface area (Å²) in [5, 5.41) is -1.75. The molecule has 13 heavy (non-hydrogen) atoms. The molecule has 0 saturated carbocycles. The zero-order valence-electron chi connectivity index (χ0n) is 6.94. The van der Waals surface area contributed by atoms with Gasteiger partial charge in [-0.3, -0.25) is 4.79 Å². The molecule has 1 atom stereocenters. The van der Waals surface area contributed by atoms with E-state index < -0.39 is 14.6 Å². The molecule has 0 amide bonds. The minimum Gasteiger partial charge on any atom is -0.380 e. The average molecular weight is 270 g/mol. The third-order valence-corrected chi connectivity index (χ3v) is 2.20. The molecule has 0 heterocycles. The lowest BCUT2D eigenvalue weighted by Gasteiger charge is -2.25. The SMILES string of the molecule is COCC(Cl)(OC)C(=O)C(Cl)(Cl)Cl. The van der Waals surface area contributed by atoms with Crippen molar-refractivity contribution in [2.24, 2.45) is 0 Å². The Bertz CT molecular complexity index is 191. The van der Waals surface area contributed by atoms with Gasteiger partial charge in [-0.1, -0.05) is 46.4 Å². The predicted octanol–water partition coefficient (Wildman–Crippen LogP) is 2.15. The second kappa shape index (κ2) is 5.01. The Hall–Kier alpha value is 0.750. The third-order valence-electron chi connectivity index (χ3n) is 1.25. The number of carbonyl (C=O) groups excluding carboxylic acids is 1. The molecule has 0 spiro atoms. The Morgan fingerprint density at radius 3 is 1.92 bits per heavy atom. The van der Waals surface area contributed by atoms with E-state index in [1.807, 2.05) is 0 Å². The number of ether oxygens (including phenoxy) is 2. The van der Waals surface area contributed by atoms with Gasteiger partial charge in [0, 0.05) is 14.2 Å². The van der Waals surface area contributed by atoms with Crippen molar-refractivity contribution in [2.45, 2.75) is 8.85 Å². The van der Waals surface area contributed by atoms with Gasteiger partial charge >= 0.3 is 0 Å². The molecule has 0 aliphatic carbocycles. The largest absolute Gasteiger partial charge is 0.380 e. The van der Waals surface area contributed by atoms with Crippen LogP contribution in [0, 0.1) is 0 Å². The Kier molecular flexibility index (Phi) is 5.30. The molecule has 0 rings (SSSR count). The van der Waals surface area contributed by atoms with Crippen molar-refractivity contribution >= 4 is 52.2 Å². The highest BCUT2D eigenvalue weighted by Gasteiger charge is 2.47. The molecule has 0 aromatic rings. The summed E-state index contributed by atoms with van der Waals surface area (Å²) in [7, 11) is 2.57. The van der Waals surface area contributed by atoms with Gasteiger partial charge in [-0.2, -0.15) is 0 Å². The zero-order valence-corrected chi connectivity index (χ0v) is 9.97. The second-order valence-electron chi connectivity index (χ2n) is 2.19. The van der Waals surface area contributed by atoms with Gasteiger partial charge in [-0.15, -0.1) is 0 Å². The molecule has 78 valence electrons. The zero-order chi connectivity index (χ0) is 10.7. The summed E-state index contributed by atoms with van der Waals surface area (Å²) in [5.74, 6) is -0.879. The van der Waals surface area contributed by atoms with Gasteiger partial charge in [0.25, 0.3) is 3.79 Å². The van der Waals surface area contributed by atoms with Crippen molar-refractivity contribution in [3.63, 3.8) is 0 Å². The molecule has 0 aromatic heterocycles. The fraction of sp³-hybridized carbons (Fsp3) is 0.833. The number of methoxy groups -OCH3 is 2. The maximum absolute atomic E-state index is 11.4. The first-order valence-corrected chi connectivity index (χ1v) is 4.63. The van der Waals surface area contributed by atoms with E-state index >= 15 is 0 Å². The van der Waals surface area contributed by atoms with E-state index in [1.165, 1.54) is 14.2 Å². The van der Waals surface area contributed by atoms with E-state index in [9.17, 15) is 4.79 Å². The van der Waals surface area contributed by atoms with E-state index in [0.717, 1.165) is 0 Å². The summed E-state index contributed by atoms with van der Waals surface area (Å²) >= 11 is 21.7. The summed E-state index contributed by atoms with van der Waals surface area (Å²) in [6, 6.07) is 0. The topological polar surface area (TPSA) is 35.5 Å². The van der Waals surface area contributed by atoms with Crippen molar-refractivity contribution in [2.75, 3.05) is 20.8 Å². The standard InChI is InChI=1S/C6H8Cl4O3/c1-12-3-5(7,13-2)4(11)6(8,9)10/h3H2,1-2H3. The molecule has 0 aliphatic heterocycles. The van der Waals surface area contributed by atoms with Crippen LogP contribution in [0.25, 0.3) is 0 Å². The highest BCUT2D eigenvalue weighted by molar-refractivity contribution is 6.78. The first kappa shape index (κ1) is 13.8. The van der Waals surface area contributed by atoms with Crippen LogP contribution in [0.1, 0.15) is 0 Å². The molecule has 7 heteroatoms. The first-order chi connectivity index (χ1) is 5.78. The number of halogens is 4. The van der Waals surface area contributed by atoms with Crippen LogP contribution in [-0.2, 0) is 14.3 Å². The van der Waals surface area contributed by atoms with Crippen molar-refractivity contribution in [1.29, 1.82) is 0 Å². The number of hydrogen-bond donors (Lipinski definition) is 0. The average Bonchev–Trinajstić information content (AvgIpc) is 2.02. The summed E-state index contributed by atoms with van der Waals surface area (Å²) in [6.07, 6.45) is 0. The highest BCUT2D eigenvalue weighted by Crippen LogP contribution is 2.35. The molecule has 0 N–H and O–H groups in total. The van der Waals surface area contributed by atoms with E-state index in [4.69, 9.17) is 51.1 Å². The van der Waals surface area contributed by atoms with Gasteiger partial charge in [-0.25, -0.2) is 0 Å². The van der Waals surface area contributed by atoms with Gasteiger partial charge < -0.3 is 9.47 Å². The van der Waals surface area contributed by atoms with Crippen molar-refractivity contribution in [3.8, 4) is 0 Å². The Labute approximate surface area is 96.2 Å². The normalized spacial score (nSPS) is 16.8. The van der Waals surface area contributed by atoms with E-state index in [-0.39, 0.29) is 6.61 Å². The van der Waals surface area contributed by atoms with Gasteiger partial charge in [0.15, 0.2) is 0 Å². The number of Topliss-reactive ketones (excluding diaryl/α,β-unsaturated/α-hetero) is 1. The van der Waals surface area contributed by atoms with Gasteiger partial charge in [-0.05, 0) is 0 Å². The maximum atomic E-state index is 11.4. The fourth-order valence-electron chi connectivity index (χ4n) is 0.614. The van der Waals surface area contributed by atoms with Gasteiger partial charge in [0.05, 0.1) is 6.61 Å². The molecular weight excluding hydrogens is 262 g/mol. The number of rotatable bonds is 4. The summed E-state index contributed by atoms with van der Waals surface area (Å²) in [4.78, 5) is 11.4. The first-order valence-electron chi connectivity index (χ1n) is 3.12. The number of carbonyl (C=O) groups is 1.